The number of nitrogens with two attached hydrogens (primary N) is 1. The average molecular weight is 238 g/mol. The average Bonchev–Trinajstić information content (AvgIpc) is 2.70. The molecule has 0 aromatic carbocycles. The van der Waals surface area contributed by atoms with Crippen molar-refractivity contribution in [2.45, 2.75) is 38.8 Å². The summed E-state index contributed by atoms with van der Waals surface area (Å²) in [6.07, 6.45) is 3.54. The minimum atomic E-state index is -0.179. The molecule has 3 heteroatoms. The Hall–Kier alpha value is -0.380. The van der Waals surface area contributed by atoms with Crippen LogP contribution in [0.5, 0.6) is 0 Å². The van der Waals surface area contributed by atoms with E-state index in [-0.39, 0.29) is 5.66 Å². The summed E-state index contributed by atoms with van der Waals surface area (Å²) in [5.74, 6) is 0.869. The van der Waals surface area contributed by atoms with Crippen molar-refractivity contribution in [3.05, 3.63) is 22.4 Å². The van der Waals surface area contributed by atoms with Crippen molar-refractivity contribution in [3.8, 4) is 0 Å². The normalized spacial score (nSPS) is 23.2. The van der Waals surface area contributed by atoms with Crippen LogP contribution in [0.1, 0.15) is 32.3 Å². The van der Waals surface area contributed by atoms with E-state index in [2.05, 4.69) is 35.6 Å². The minimum Gasteiger partial charge on any atom is -0.313 e. The third-order valence-corrected chi connectivity index (χ3v) is 4.38. The quantitative estimate of drug-likeness (QED) is 0.877. The molecule has 1 aromatic rings. The van der Waals surface area contributed by atoms with Crippen LogP contribution in [0.15, 0.2) is 16.8 Å². The van der Waals surface area contributed by atoms with Crippen LogP contribution >= 0.6 is 11.3 Å². The molecule has 2 N–H and O–H groups in total. The van der Waals surface area contributed by atoms with E-state index >= 15 is 0 Å². The fraction of sp³-hybridized carbons (Fsp3) is 0.692. The number of piperidine rings is 1. The van der Waals surface area contributed by atoms with Crippen LogP contribution in [0.4, 0.5) is 0 Å². The van der Waals surface area contributed by atoms with E-state index in [0.29, 0.717) is 0 Å². The van der Waals surface area contributed by atoms with Crippen molar-refractivity contribution in [1.29, 1.82) is 0 Å². The summed E-state index contributed by atoms with van der Waals surface area (Å²) in [5, 5.41) is 4.33. The smallest absolute Gasteiger partial charge is 0.0699 e. The van der Waals surface area contributed by atoms with E-state index in [1.807, 2.05) is 0 Å². The minimum absolute atomic E-state index is 0.179. The molecule has 0 aliphatic carbocycles. The lowest BCUT2D eigenvalue weighted by atomic mass is 9.94. The van der Waals surface area contributed by atoms with E-state index in [4.69, 9.17) is 5.73 Å². The summed E-state index contributed by atoms with van der Waals surface area (Å²) in [4.78, 5) is 2.45. The monoisotopic (exact) mass is 238 g/mol. The van der Waals surface area contributed by atoms with Gasteiger partial charge in [-0.05, 0) is 48.1 Å². The Bertz CT molecular complexity index is 311. The van der Waals surface area contributed by atoms with Crippen LogP contribution in [-0.4, -0.2) is 23.7 Å². The van der Waals surface area contributed by atoms with Gasteiger partial charge in [0.25, 0.3) is 0 Å². The Balaban J connectivity index is 1.96. The van der Waals surface area contributed by atoms with Crippen LogP contribution in [0.25, 0.3) is 0 Å². The van der Waals surface area contributed by atoms with Crippen molar-refractivity contribution < 1.29 is 0 Å². The largest absolute Gasteiger partial charge is 0.313 e. The lowest BCUT2D eigenvalue weighted by Crippen LogP contribution is -2.57. The SMILES string of the molecule is CC1CCN(C(C)(N)Cc2ccsc2)CC1. The first kappa shape index (κ1) is 12.1. The van der Waals surface area contributed by atoms with Gasteiger partial charge in [0.2, 0.25) is 0 Å². The molecule has 0 saturated carbocycles. The lowest BCUT2D eigenvalue weighted by molar-refractivity contribution is 0.0696. The Kier molecular flexibility index (Phi) is 3.67. The van der Waals surface area contributed by atoms with Gasteiger partial charge in [0.1, 0.15) is 0 Å². The van der Waals surface area contributed by atoms with Crippen LogP contribution < -0.4 is 5.73 Å². The molecule has 1 aromatic heterocycles. The zero-order valence-corrected chi connectivity index (χ0v) is 11.1. The number of thiophene rings is 1. The molecule has 1 fully saturated rings. The lowest BCUT2D eigenvalue weighted by Gasteiger charge is -2.42. The number of likely N-dealkylation sites (tertiary alicyclic amines) is 1. The molecule has 2 heterocycles. The van der Waals surface area contributed by atoms with E-state index < -0.39 is 0 Å². The van der Waals surface area contributed by atoms with Gasteiger partial charge in [-0.1, -0.05) is 6.92 Å². The van der Waals surface area contributed by atoms with Crippen LogP contribution in [0.2, 0.25) is 0 Å². The fourth-order valence-electron chi connectivity index (χ4n) is 2.44. The summed E-state index contributed by atoms with van der Waals surface area (Å²) in [6.45, 7) is 6.81. The summed E-state index contributed by atoms with van der Waals surface area (Å²) < 4.78 is 0. The molecule has 0 amide bonds. The third kappa shape index (κ3) is 2.84. The summed E-state index contributed by atoms with van der Waals surface area (Å²) >= 11 is 1.75. The van der Waals surface area contributed by atoms with Gasteiger partial charge < -0.3 is 5.73 Å². The molecule has 16 heavy (non-hydrogen) atoms. The summed E-state index contributed by atoms with van der Waals surface area (Å²) in [5.41, 5.74) is 7.65. The van der Waals surface area contributed by atoms with E-state index in [1.165, 1.54) is 18.4 Å². The van der Waals surface area contributed by atoms with Crippen molar-refractivity contribution in [1.82, 2.24) is 4.90 Å². The predicted octanol–water partition coefficient (Wildman–Crippen LogP) is 2.70. The van der Waals surface area contributed by atoms with Crippen LogP contribution in [0, 0.1) is 5.92 Å². The molecule has 2 rings (SSSR count). The molecule has 1 aliphatic heterocycles. The second-order valence-electron chi connectivity index (χ2n) is 5.34. The third-order valence-electron chi connectivity index (χ3n) is 3.65. The van der Waals surface area contributed by atoms with Gasteiger partial charge >= 0.3 is 0 Å². The fourth-order valence-corrected chi connectivity index (χ4v) is 3.11. The van der Waals surface area contributed by atoms with Crippen LogP contribution in [-0.2, 0) is 6.42 Å². The highest BCUT2D eigenvalue weighted by molar-refractivity contribution is 7.07. The highest BCUT2D eigenvalue weighted by Crippen LogP contribution is 2.24. The first-order valence-corrected chi connectivity index (χ1v) is 7.07. The van der Waals surface area contributed by atoms with E-state index in [1.54, 1.807) is 11.3 Å². The highest BCUT2D eigenvalue weighted by atomic mass is 32.1. The van der Waals surface area contributed by atoms with Gasteiger partial charge in [-0.15, -0.1) is 0 Å². The highest BCUT2D eigenvalue weighted by Gasteiger charge is 2.30. The molecule has 1 saturated heterocycles. The maximum atomic E-state index is 6.46. The van der Waals surface area contributed by atoms with Gasteiger partial charge in [0.05, 0.1) is 5.66 Å². The molecule has 90 valence electrons. The standard InChI is InChI=1S/C13H22N2S/c1-11-3-6-15(7-4-11)13(2,14)9-12-5-8-16-10-12/h5,8,10-11H,3-4,6-7,9,14H2,1-2H3. The second kappa shape index (κ2) is 4.86. The summed E-state index contributed by atoms with van der Waals surface area (Å²) in [6, 6.07) is 2.18. The van der Waals surface area contributed by atoms with Gasteiger partial charge in [-0.3, -0.25) is 4.90 Å². The Morgan fingerprint density at radius 2 is 2.19 bits per heavy atom. The van der Waals surface area contributed by atoms with Gasteiger partial charge in [0.15, 0.2) is 0 Å². The second-order valence-corrected chi connectivity index (χ2v) is 6.12. The first-order chi connectivity index (χ1) is 7.58. The number of hydrogen-bond donors (Lipinski definition) is 1. The first-order valence-electron chi connectivity index (χ1n) is 6.13. The van der Waals surface area contributed by atoms with E-state index in [0.717, 1.165) is 25.4 Å². The Labute approximate surface area is 102 Å². The molecule has 1 atom stereocenters. The van der Waals surface area contributed by atoms with Gasteiger partial charge in [-0.2, -0.15) is 11.3 Å². The maximum Gasteiger partial charge on any atom is 0.0699 e. The van der Waals surface area contributed by atoms with Crippen molar-refractivity contribution >= 4 is 11.3 Å². The molecular formula is C13H22N2S. The molecular weight excluding hydrogens is 216 g/mol. The van der Waals surface area contributed by atoms with Crippen molar-refractivity contribution in [3.63, 3.8) is 0 Å². The molecule has 0 bridgehead atoms. The molecule has 0 radical (unpaired) electrons. The number of hydrogen-bond acceptors (Lipinski definition) is 3. The molecule has 2 nitrogen and oxygen atoms in total. The number of nitrogens with zero attached hydrogens (tertiary/aromatic N) is 1. The van der Waals surface area contributed by atoms with Gasteiger partial charge in [-0.25, -0.2) is 0 Å². The zero-order chi connectivity index (χ0) is 11.6. The predicted molar refractivity (Wildman–Crippen MR) is 70.6 cm³/mol. The van der Waals surface area contributed by atoms with Crippen LogP contribution in [0.3, 0.4) is 0 Å². The molecule has 0 spiro atoms. The van der Waals surface area contributed by atoms with Crippen molar-refractivity contribution in [2.24, 2.45) is 11.7 Å². The Morgan fingerprint density at radius 1 is 1.50 bits per heavy atom. The van der Waals surface area contributed by atoms with Crippen molar-refractivity contribution in [2.75, 3.05) is 13.1 Å². The van der Waals surface area contributed by atoms with E-state index in [9.17, 15) is 0 Å². The summed E-state index contributed by atoms with van der Waals surface area (Å²) in [7, 11) is 0. The molecule has 1 unspecified atom stereocenters. The molecule has 1 aliphatic rings. The van der Waals surface area contributed by atoms with Gasteiger partial charge in [0, 0.05) is 19.5 Å². The topological polar surface area (TPSA) is 29.3 Å². The Morgan fingerprint density at radius 3 is 2.75 bits per heavy atom. The number of rotatable bonds is 3. The maximum absolute atomic E-state index is 6.46. The zero-order valence-electron chi connectivity index (χ0n) is 10.3.